The summed E-state index contributed by atoms with van der Waals surface area (Å²) in [6, 6.07) is 16.0. The number of rotatable bonds is 5. The summed E-state index contributed by atoms with van der Waals surface area (Å²) in [4.78, 5) is 24.7. The van der Waals surface area contributed by atoms with Crippen molar-refractivity contribution in [2.45, 2.75) is 33.7 Å². The zero-order valence-electron chi connectivity index (χ0n) is 17.0. The highest BCUT2D eigenvalue weighted by Gasteiger charge is 2.12. The number of hydrogen-bond donors (Lipinski definition) is 3. The average molecular weight is 391 g/mol. The maximum atomic E-state index is 12.7. The minimum absolute atomic E-state index is 0.0116. The third kappa shape index (κ3) is 5.01. The quantitative estimate of drug-likeness (QED) is 0.607. The van der Waals surface area contributed by atoms with Gasteiger partial charge in [0.1, 0.15) is 0 Å². The van der Waals surface area contributed by atoms with Crippen LogP contribution in [-0.4, -0.2) is 27.8 Å². The number of urea groups is 1. The molecule has 0 radical (unpaired) electrons. The van der Waals surface area contributed by atoms with Gasteiger partial charge in [0.15, 0.2) is 0 Å². The highest BCUT2D eigenvalue weighted by Crippen LogP contribution is 2.22. The van der Waals surface area contributed by atoms with Crippen molar-refractivity contribution in [2.24, 2.45) is 0 Å². The van der Waals surface area contributed by atoms with Crippen molar-refractivity contribution >= 4 is 23.3 Å². The molecule has 0 unspecified atom stereocenters. The van der Waals surface area contributed by atoms with Crippen molar-refractivity contribution in [3.8, 4) is 5.69 Å². The molecule has 0 aliphatic carbocycles. The molecule has 3 aromatic rings. The molecule has 3 amide bonds. The minimum atomic E-state index is -0.323. The van der Waals surface area contributed by atoms with Gasteiger partial charge in [-0.3, -0.25) is 4.79 Å². The minimum Gasteiger partial charge on any atom is -0.336 e. The van der Waals surface area contributed by atoms with Gasteiger partial charge >= 0.3 is 6.03 Å². The number of hydrogen-bond acceptors (Lipinski definition) is 3. The molecule has 0 spiro atoms. The third-order valence-electron chi connectivity index (χ3n) is 4.23. The van der Waals surface area contributed by atoms with Crippen molar-refractivity contribution in [1.29, 1.82) is 0 Å². The van der Waals surface area contributed by atoms with Gasteiger partial charge in [-0.05, 0) is 70.2 Å². The zero-order chi connectivity index (χ0) is 21.0. The van der Waals surface area contributed by atoms with Crippen LogP contribution in [0.15, 0.2) is 54.6 Å². The lowest BCUT2D eigenvalue weighted by atomic mass is 10.1. The molecule has 0 atom stereocenters. The first-order chi connectivity index (χ1) is 13.8. The van der Waals surface area contributed by atoms with Crippen LogP contribution >= 0.6 is 0 Å². The standard InChI is InChI=1S/C22H25N5O2/c1-14(2)23-22(29)25-20-8-6-5-7-19(20)24-21(28)17-9-11-18(12-10-17)27-16(4)13-15(3)26-27/h5-14H,1-4H3,(H,24,28)(H2,23,25,29). The summed E-state index contributed by atoms with van der Waals surface area (Å²) < 4.78 is 1.84. The van der Waals surface area contributed by atoms with Crippen molar-refractivity contribution in [1.82, 2.24) is 15.1 Å². The van der Waals surface area contributed by atoms with Crippen molar-refractivity contribution in [3.63, 3.8) is 0 Å². The maximum absolute atomic E-state index is 12.7. The summed E-state index contributed by atoms with van der Waals surface area (Å²) in [5, 5.41) is 12.8. The van der Waals surface area contributed by atoms with Crippen LogP contribution in [0.1, 0.15) is 35.6 Å². The highest BCUT2D eigenvalue weighted by atomic mass is 16.2. The van der Waals surface area contributed by atoms with E-state index in [1.807, 2.05) is 50.6 Å². The Morgan fingerprint density at radius 2 is 1.55 bits per heavy atom. The van der Waals surface area contributed by atoms with E-state index < -0.39 is 0 Å². The second-order valence-corrected chi connectivity index (χ2v) is 7.14. The lowest BCUT2D eigenvalue weighted by Gasteiger charge is -2.14. The molecule has 0 saturated carbocycles. The van der Waals surface area contributed by atoms with Crippen LogP contribution < -0.4 is 16.0 Å². The Balaban J connectivity index is 1.74. The van der Waals surface area contributed by atoms with Crippen LogP contribution in [0.25, 0.3) is 5.69 Å². The predicted molar refractivity (Wildman–Crippen MR) is 115 cm³/mol. The number of carbonyl (C=O) groups is 2. The van der Waals surface area contributed by atoms with E-state index in [4.69, 9.17) is 0 Å². The van der Waals surface area contributed by atoms with Crippen molar-refractivity contribution < 1.29 is 9.59 Å². The summed E-state index contributed by atoms with van der Waals surface area (Å²) in [6.45, 7) is 7.68. The number of para-hydroxylation sites is 2. The van der Waals surface area contributed by atoms with Crippen LogP contribution in [0.3, 0.4) is 0 Å². The van der Waals surface area contributed by atoms with E-state index in [9.17, 15) is 9.59 Å². The molecule has 29 heavy (non-hydrogen) atoms. The van der Waals surface area contributed by atoms with Gasteiger partial charge in [0.05, 0.1) is 22.8 Å². The molecule has 0 fully saturated rings. The van der Waals surface area contributed by atoms with Gasteiger partial charge in [0.25, 0.3) is 5.91 Å². The normalized spacial score (nSPS) is 10.7. The Labute approximate surface area is 170 Å². The second-order valence-electron chi connectivity index (χ2n) is 7.14. The highest BCUT2D eigenvalue weighted by molar-refractivity contribution is 6.07. The largest absolute Gasteiger partial charge is 0.336 e. The van der Waals surface area contributed by atoms with Crippen LogP contribution in [0.5, 0.6) is 0 Å². The number of aryl methyl sites for hydroxylation is 2. The molecule has 7 nitrogen and oxygen atoms in total. The molecule has 2 aromatic carbocycles. The fraction of sp³-hybridized carbons (Fsp3) is 0.227. The smallest absolute Gasteiger partial charge is 0.319 e. The molecular formula is C22H25N5O2. The molecule has 0 aliphatic heterocycles. The van der Waals surface area contributed by atoms with E-state index in [1.54, 1.807) is 36.4 Å². The molecule has 3 rings (SSSR count). The average Bonchev–Trinajstić information content (AvgIpc) is 3.01. The molecule has 1 aromatic heterocycles. The molecule has 3 N–H and O–H groups in total. The number of anilines is 2. The molecule has 0 saturated heterocycles. The molecule has 0 aliphatic rings. The van der Waals surface area contributed by atoms with Gasteiger partial charge < -0.3 is 16.0 Å². The Bertz CT molecular complexity index is 1020. The second kappa shape index (κ2) is 8.60. The number of aromatic nitrogens is 2. The lowest BCUT2D eigenvalue weighted by Crippen LogP contribution is -2.34. The van der Waals surface area contributed by atoms with E-state index in [2.05, 4.69) is 21.0 Å². The monoisotopic (exact) mass is 391 g/mol. The molecular weight excluding hydrogens is 366 g/mol. The summed E-state index contributed by atoms with van der Waals surface area (Å²) in [6.07, 6.45) is 0. The van der Waals surface area contributed by atoms with Crippen LogP contribution in [0.2, 0.25) is 0 Å². The van der Waals surface area contributed by atoms with Gasteiger partial charge in [0.2, 0.25) is 0 Å². The fourth-order valence-electron chi connectivity index (χ4n) is 2.96. The summed E-state index contributed by atoms with van der Waals surface area (Å²) in [5.41, 5.74) is 4.42. The first kappa shape index (κ1) is 20.1. The van der Waals surface area contributed by atoms with Gasteiger partial charge in [-0.2, -0.15) is 5.10 Å². The number of carbonyl (C=O) groups excluding carboxylic acids is 2. The van der Waals surface area contributed by atoms with Crippen LogP contribution in [-0.2, 0) is 0 Å². The summed E-state index contributed by atoms with van der Waals surface area (Å²) >= 11 is 0. The van der Waals surface area contributed by atoms with Gasteiger partial charge in [0, 0.05) is 17.3 Å². The van der Waals surface area contributed by atoms with Crippen LogP contribution in [0, 0.1) is 13.8 Å². The Hall–Kier alpha value is -3.61. The van der Waals surface area contributed by atoms with E-state index in [-0.39, 0.29) is 18.0 Å². The first-order valence-corrected chi connectivity index (χ1v) is 9.45. The number of amides is 3. The third-order valence-corrected chi connectivity index (χ3v) is 4.23. The Morgan fingerprint density at radius 3 is 2.10 bits per heavy atom. The fourth-order valence-corrected chi connectivity index (χ4v) is 2.96. The molecule has 1 heterocycles. The first-order valence-electron chi connectivity index (χ1n) is 9.45. The Kier molecular flexibility index (Phi) is 5.97. The zero-order valence-corrected chi connectivity index (χ0v) is 17.0. The van der Waals surface area contributed by atoms with E-state index in [0.717, 1.165) is 17.1 Å². The topological polar surface area (TPSA) is 88.0 Å². The van der Waals surface area contributed by atoms with Gasteiger partial charge in [-0.25, -0.2) is 9.48 Å². The molecule has 0 bridgehead atoms. The lowest BCUT2D eigenvalue weighted by molar-refractivity contribution is 0.102. The number of nitrogens with zero attached hydrogens (tertiary/aromatic N) is 2. The van der Waals surface area contributed by atoms with E-state index in [0.29, 0.717) is 16.9 Å². The van der Waals surface area contributed by atoms with E-state index in [1.165, 1.54) is 0 Å². The number of nitrogens with one attached hydrogen (secondary N) is 3. The summed E-state index contributed by atoms with van der Waals surface area (Å²) in [5.74, 6) is -0.261. The SMILES string of the molecule is Cc1cc(C)n(-c2ccc(C(=O)Nc3ccccc3NC(=O)NC(C)C)cc2)n1. The molecule has 150 valence electrons. The van der Waals surface area contributed by atoms with Crippen molar-refractivity contribution in [3.05, 3.63) is 71.5 Å². The summed E-state index contributed by atoms with van der Waals surface area (Å²) in [7, 11) is 0. The van der Waals surface area contributed by atoms with Gasteiger partial charge in [-0.1, -0.05) is 12.1 Å². The predicted octanol–water partition coefficient (Wildman–Crippen LogP) is 4.27. The van der Waals surface area contributed by atoms with Crippen LogP contribution in [0.4, 0.5) is 16.2 Å². The van der Waals surface area contributed by atoms with Gasteiger partial charge in [-0.15, -0.1) is 0 Å². The van der Waals surface area contributed by atoms with Crippen molar-refractivity contribution in [2.75, 3.05) is 10.6 Å². The molecule has 7 heteroatoms. The number of benzene rings is 2. The Morgan fingerprint density at radius 1 is 0.931 bits per heavy atom. The maximum Gasteiger partial charge on any atom is 0.319 e. The van der Waals surface area contributed by atoms with E-state index >= 15 is 0 Å².